The van der Waals surface area contributed by atoms with E-state index in [-0.39, 0.29) is 12.6 Å². The van der Waals surface area contributed by atoms with Gasteiger partial charge in [0, 0.05) is 72.3 Å². The number of alkyl halides is 1. The van der Waals surface area contributed by atoms with E-state index in [0.29, 0.717) is 5.02 Å². The van der Waals surface area contributed by atoms with Crippen molar-refractivity contribution in [3.05, 3.63) is 94.2 Å². The predicted octanol–water partition coefficient (Wildman–Crippen LogP) is 5.39. The van der Waals surface area contributed by atoms with E-state index in [4.69, 9.17) is 16.6 Å². The average molecular weight is 566 g/mol. The molecule has 1 saturated heterocycles. The van der Waals surface area contributed by atoms with Crippen LogP contribution in [0.4, 0.5) is 4.39 Å². The lowest BCUT2D eigenvalue weighted by molar-refractivity contribution is 0.0727. The van der Waals surface area contributed by atoms with Gasteiger partial charge in [-0.1, -0.05) is 17.7 Å². The normalized spacial score (nSPS) is 16.7. The zero-order chi connectivity index (χ0) is 27.5. The number of aryl methyl sites for hydroxylation is 1. The molecule has 1 aromatic carbocycles. The van der Waals surface area contributed by atoms with E-state index in [0.717, 1.165) is 77.4 Å². The van der Waals surface area contributed by atoms with Gasteiger partial charge in [0.05, 0.1) is 17.4 Å². The Morgan fingerprint density at radius 3 is 2.69 bits per heavy atom. The minimum atomic E-state index is -1.04. The fourth-order valence-corrected chi connectivity index (χ4v) is 6.36. The van der Waals surface area contributed by atoms with Gasteiger partial charge in [-0.25, -0.2) is 4.98 Å². The maximum absolute atomic E-state index is 12.8. The molecule has 0 saturated carbocycles. The van der Waals surface area contributed by atoms with Crippen LogP contribution in [0, 0.1) is 5.92 Å². The summed E-state index contributed by atoms with van der Waals surface area (Å²) in [6.07, 6.45) is 12.1. The summed E-state index contributed by atoms with van der Waals surface area (Å²) in [5.41, 5.74) is 13.1. The zero-order valence-electron chi connectivity index (χ0n) is 22.2. The SMILES string of the molecule is CN.CS(=O)c1ccc2c(c1)CCCC(c1ccncc1Cl)=C2c1ccn2cc(CN3CC(CF)C3)nc2c1. The van der Waals surface area contributed by atoms with E-state index in [1.165, 1.54) is 18.2 Å². The Hall–Kier alpha value is -2.91. The van der Waals surface area contributed by atoms with Gasteiger partial charge in [-0.05, 0) is 90.0 Å². The minimum Gasteiger partial charge on any atom is -0.333 e. The van der Waals surface area contributed by atoms with Crippen molar-refractivity contribution in [1.29, 1.82) is 0 Å². The summed E-state index contributed by atoms with van der Waals surface area (Å²) in [6, 6.07) is 12.4. The van der Waals surface area contributed by atoms with E-state index in [1.807, 2.05) is 16.5 Å². The Morgan fingerprint density at radius 2 is 1.95 bits per heavy atom. The van der Waals surface area contributed by atoms with Gasteiger partial charge in [-0.2, -0.15) is 0 Å². The van der Waals surface area contributed by atoms with Crippen LogP contribution in [0.25, 0.3) is 16.8 Å². The number of imidazole rings is 1. The Balaban J connectivity index is 0.00000151. The van der Waals surface area contributed by atoms with Crippen molar-refractivity contribution < 1.29 is 8.60 Å². The number of hydrogen-bond donors (Lipinski definition) is 1. The summed E-state index contributed by atoms with van der Waals surface area (Å²) in [4.78, 5) is 12.2. The molecule has 204 valence electrons. The van der Waals surface area contributed by atoms with Crippen molar-refractivity contribution in [2.45, 2.75) is 30.7 Å². The van der Waals surface area contributed by atoms with Crippen LogP contribution in [-0.2, 0) is 23.8 Å². The number of benzene rings is 1. The van der Waals surface area contributed by atoms with Gasteiger partial charge in [-0.15, -0.1) is 0 Å². The third-order valence-corrected chi connectivity index (χ3v) is 8.60. The Bertz CT molecular complexity index is 1550. The largest absolute Gasteiger partial charge is 0.333 e. The first kappa shape index (κ1) is 27.6. The first-order valence-electron chi connectivity index (χ1n) is 13.1. The second-order valence-electron chi connectivity index (χ2n) is 9.96. The molecule has 1 fully saturated rings. The number of aromatic nitrogens is 3. The van der Waals surface area contributed by atoms with Gasteiger partial charge in [0.2, 0.25) is 0 Å². The van der Waals surface area contributed by atoms with Crippen LogP contribution in [0.1, 0.15) is 40.8 Å². The van der Waals surface area contributed by atoms with Gasteiger partial charge in [0.15, 0.2) is 0 Å². The van der Waals surface area contributed by atoms with Crippen LogP contribution in [0.3, 0.4) is 0 Å². The number of likely N-dealkylation sites (tertiary alicyclic amines) is 1. The summed E-state index contributed by atoms with van der Waals surface area (Å²) < 4.78 is 27.1. The molecule has 1 aliphatic carbocycles. The van der Waals surface area contributed by atoms with Crippen molar-refractivity contribution in [3.63, 3.8) is 0 Å². The predicted molar refractivity (Wildman–Crippen MR) is 157 cm³/mol. The van der Waals surface area contributed by atoms with Crippen LogP contribution in [-0.4, -0.2) is 56.5 Å². The van der Waals surface area contributed by atoms with Gasteiger partial charge in [-0.3, -0.25) is 18.5 Å². The summed E-state index contributed by atoms with van der Waals surface area (Å²) in [6.45, 7) is 2.06. The molecule has 39 heavy (non-hydrogen) atoms. The topological polar surface area (TPSA) is 76.5 Å². The third kappa shape index (κ3) is 5.70. The fraction of sp³-hybridized carbons (Fsp3) is 0.333. The van der Waals surface area contributed by atoms with E-state index in [1.54, 1.807) is 18.6 Å². The molecule has 3 aromatic heterocycles. The number of allylic oxidation sites excluding steroid dienone is 1. The number of rotatable bonds is 6. The van der Waals surface area contributed by atoms with Crippen molar-refractivity contribution in [2.24, 2.45) is 11.7 Å². The van der Waals surface area contributed by atoms with E-state index in [2.05, 4.69) is 52.3 Å². The molecule has 4 heterocycles. The molecule has 6 rings (SSSR count). The lowest BCUT2D eigenvalue weighted by Gasteiger charge is -2.37. The highest BCUT2D eigenvalue weighted by Gasteiger charge is 2.27. The quantitative estimate of drug-likeness (QED) is 0.339. The second-order valence-corrected chi connectivity index (χ2v) is 11.8. The highest BCUT2D eigenvalue weighted by atomic mass is 35.5. The Morgan fingerprint density at radius 1 is 1.13 bits per heavy atom. The zero-order valence-corrected chi connectivity index (χ0v) is 23.8. The molecule has 1 atom stereocenters. The summed E-state index contributed by atoms with van der Waals surface area (Å²) >= 11 is 6.66. The van der Waals surface area contributed by atoms with Crippen LogP contribution < -0.4 is 5.73 Å². The van der Waals surface area contributed by atoms with Crippen LogP contribution in [0.15, 0.2) is 66.1 Å². The molecule has 2 N–H and O–H groups in total. The Kier molecular flexibility index (Phi) is 8.57. The van der Waals surface area contributed by atoms with Gasteiger partial charge in [0.25, 0.3) is 0 Å². The number of nitrogens with two attached hydrogens (primary N) is 1. The van der Waals surface area contributed by atoms with Gasteiger partial charge in [0.1, 0.15) is 5.65 Å². The van der Waals surface area contributed by atoms with Gasteiger partial charge >= 0.3 is 0 Å². The highest BCUT2D eigenvalue weighted by molar-refractivity contribution is 7.84. The fourth-order valence-electron chi connectivity index (χ4n) is 5.56. The first-order valence-corrected chi connectivity index (χ1v) is 15.1. The monoisotopic (exact) mass is 565 g/mol. The standard InChI is InChI=1S/C29H28ClFN4OS.CH5N/c1-37(36)23-5-6-24-20(11-23)3-2-4-26(25-7-9-32-14-27(25)30)29(24)21-8-10-35-18-22(33-28(35)12-21)17-34-15-19(13-31)16-34;1-2/h5-12,14,18-19H,2-4,13,15-17H2,1H3;2H2,1H3. The molecule has 4 aromatic rings. The maximum atomic E-state index is 12.8. The number of hydrogen-bond acceptors (Lipinski definition) is 5. The molecule has 0 amide bonds. The first-order chi connectivity index (χ1) is 19.0. The molecular formula is C30H33ClFN5OS. The number of halogens is 2. The molecule has 0 bridgehead atoms. The molecule has 9 heteroatoms. The molecule has 2 aliphatic rings. The number of pyridine rings is 2. The average Bonchev–Trinajstić information content (AvgIpc) is 3.23. The van der Waals surface area contributed by atoms with Crippen LogP contribution in [0.5, 0.6) is 0 Å². The third-order valence-electron chi connectivity index (χ3n) is 7.39. The van der Waals surface area contributed by atoms with Crippen molar-refractivity contribution in [3.8, 4) is 0 Å². The van der Waals surface area contributed by atoms with Crippen molar-refractivity contribution in [2.75, 3.05) is 33.1 Å². The minimum absolute atomic E-state index is 0.162. The van der Waals surface area contributed by atoms with E-state index < -0.39 is 10.8 Å². The molecule has 1 unspecified atom stereocenters. The lowest BCUT2D eigenvalue weighted by atomic mass is 9.88. The molecule has 0 radical (unpaired) electrons. The van der Waals surface area contributed by atoms with E-state index >= 15 is 0 Å². The van der Waals surface area contributed by atoms with Gasteiger partial charge < -0.3 is 10.1 Å². The second kappa shape index (κ2) is 12.1. The number of nitrogens with zero attached hydrogens (tertiary/aromatic N) is 4. The smallest absolute Gasteiger partial charge is 0.137 e. The molecule has 0 spiro atoms. The van der Waals surface area contributed by atoms with Crippen LogP contribution >= 0.6 is 11.6 Å². The number of fused-ring (bicyclic) bond motifs is 2. The molecule has 1 aliphatic heterocycles. The summed E-state index contributed by atoms with van der Waals surface area (Å²) in [7, 11) is 0.460. The molecule has 6 nitrogen and oxygen atoms in total. The van der Waals surface area contributed by atoms with Crippen molar-refractivity contribution in [1.82, 2.24) is 19.3 Å². The van der Waals surface area contributed by atoms with Crippen molar-refractivity contribution >= 4 is 39.2 Å². The maximum Gasteiger partial charge on any atom is 0.137 e. The van der Waals surface area contributed by atoms with Crippen LogP contribution in [0.2, 0.25) is 5.02 Å². The Labute approximate surface area is 236 Å². The lowest BCUT2D eigenvalue weighted by Crippen LogP contribution is -2.46. The summed E-state index contributed by atoms with van der Waals surface area (Å²) in [5.74, 6) is 0.162. The molecular weight excluding hydrogens is 533 g/mol. The highest BCUT2D eigenvalue weighted by Crippen LogP contribution is 2.42. The summed E-state index contributed by atoms with van der Waals surface area (Å²) in [5, 5.41) is 0.634. The van der Waals surface area contributed by atoms with E-state index in [9.17, 15) is 8.60 Å².